The smallest absolute Gasteiger partial charge is 0.123 e. The average Bonchev–Trinajstić information content (AvgIpc) is 2.47. The molecule has 0 amide bonds. The molecular formula is C17H28N2O. The van der Waals surface area contributed by atoms with Crippen molar-refractivity contribution in [3.05, 3.63) is 29.8 Å². The standard InChI is InChI=1S/C17H28N2O/c1-5-16(15-11-6-7-12-17(15)20-4)18-19-13(2)9-8-10-14(19)3/h6-7,11-14,16,18H,5,8-10H2,1-4H3. The Balaban J connectivity index is 2.15. The summed E-state index contributed by atoms with van der Waals surface area (Å²) in [6.07, 6.45) is 4.95. The number of benzene rings is 1. The predicted octanol–water partition coefficient (Wildman–Crippen LogP) is 3.91. The number of hydrogen-bond donors (Lipinski definition) is 1. The van der Waals surface area contributed by atoms with E-state index < -0.39 is 0 Å². The Bertz CT molecular complexity index is 411. The molecule has 20 heavy (non-hydrogen) atoms. The minimum atomic E-state index is 0.314. The molecule has 0 saturated carbocycles. The third-order valence-corrected chi connectivity index (χ3v) is 4.42. The lowest BCUT2D eigenvalue weighted by atomic mass is 9.99. The van der Waals surface area contributed by atoms with Crippen LogP contribution in [0.25, 0.3) is 0 Å². The van der Waals surface area contributed by atoms with E-state index in [1.54, 1.807) is 7.11 Å². The highest BCUT2D eigenvalue weighted by molar-refractivity contribution is 5.35. The molecule has 1 saturated heterocycles. The summed E-state index contributed by atoms with van der Waals surface area (Å²) in [6, 6.07) is 9.84. The Labute approximate surface area is 123 Å². The molecule has 1 aliphatic rings. The van der Waals surface area contributed by atoms with Gasteiger partial charge in [-0.1, -0.05) is 31.5 Å². The molecule has 1 N–H and O–H groups in total. The molecule has 0 radical (unpaired) electrons. The van der Waals surface area contributed by atoms with Gasteiger partial charge in [0.15, 0.2) is 0 Å². The first-order chi connectivity index (χ1) is 9.67. The lowest BCUT2D eigenvalue weighted by molar-refractivity contribution is 0.0280. The van der Waals surface area contributed by atoms with Gasteiger partial charge in [0.05, 0.1) is 7.11 Å². The van der Waals surface area contributed by atoms with Gasteiger partial charge >= 0.3 is 0 Å². The van der Waals surface area contributed by atoms with Crippen molar-refractivity contribution in [1.29, 1.82) is 0 Å². The molecule has 112 valence electrons. The zero-order valence-electron chi connectivity index (χ0n) is 13.2. The van der Waals surface area contributed by atoms with E-state index in [1.165, 1.54) is 24.8 Å². The Morgan fingerprint density at radius 3 is 2.50 bits per heavy atom. The first-order valence-electron chi connectivity index (χ1n) is 7.84. The van der Waals surface area contributed by atoms with Crippen LogP contribution in [-0.4, -0.2) is 24.2 Å². The molecule has 3 heteroatoms. The highest BCUT2D eigenvalue weighted by Gasteiger charge is 2.27. The van der Waals surface area contributed by atoms with E-state index >= 15 is 0 Å². The van der Waals surface area contributed by atoms with Crippen LogP contribution >= 0.6 is 0 Å². The van der Waals surface area contributed by atoms with Crippen molar-refractivity contribution in [2.45, 2.75) is 64.6 Å². The Kier molecular flexibility index (Phi) is 5.44. The van der Waals surface area contributed by atoms with E-state index in [2.05, 4.69) is 43.3 Å². The van der Waals surface area contributed by atoms with Gasteiger partial charge in [-0.15, -0.1) is 0 Å². The first-order valence-corrected chi connectivity index (χ1v) is 7.84. The first kappa shape index (κ1) is 15.3. The van der Waals surface area contributed by atoms with Crippen molar-refractivity contribution >= 4 is 0 Å². The van der Waals surface area contributed by atoms with E-state index in [4.69, 9.17) is 4.74 Å². The largest absolute Gasteiger partial charge is 0.496 e. The van der Waals surface area contributed by atoms with Crippen molar-refractivity contribution < 1.29 is 4.74 Å². The van der Waals surface area contributed by atoms with Gasteiger partial charge in [0, 0.05) is 23.7 Å². The summed E-state index contributed by atoms with van der Waals surface area (Å²) in [6.45, 7) is 6.86. The van der Waals surface area contributed by atoms with E-state index in [9.17, 15) is 0 Å². The number of hydrazine groups is 1. The molecule has 0 aromatic heterocycles. The number of ether oxygens (including phenoxy) is 1. The fraction of sp³-hybridized carbons (Fsp3) is 0.647. The van der Waals surface area contributed by atoms with Gasteiger partial charge in [0.25, 0.3) is 0 Å². The van der Waals surface area contributed by atoms with Crippen molar-refractivity contribution in [3.8, 4) is 5.75 Å². The summed E-state index contributed by atoms with van der Waals surface area (Å²) < 4.78 is 5.51. The molecule has 1 fully saturated rings. The van der Waals surface area contributed by atoms with Crippen molar-refractivity contribution in [1.82, 2.24) is 10.4 Å². The maximum Gasteiger partial charge on any atom is 0.123 e. The number of piperidine rings is 1. The van der Waals surface area contributed by atoms with Gasteiger partial charge in [-0.05, 0) is 39.2 Å². The minimum Gasteiger partial charge on any atom is -0.496 e. The molecule has 0 bridgehead atoms. The van der Waals surface area contributed by atoms with E-state index in [0.29, 0.717) is 18.1 Å². The van der Waals surface area contributed by atoms with Gasteiger partial charge in [-0.3, -0.25) is 0 Å². The van der Waals surface area contributed by atoms with Crippen LogP contribution in [-0.2, 0) is 0 Å². The number of nitrogens with zero attached hydrogens (tertiary/aromatic N) is 1. The molecule has 1 aromatic rings. The molecule has 1 aromatic carbocycles. The maximum absolute atomic E-state index is 5.51. The summed E-state index contributed by atoms with van der Waals surface area (Å²) in [5, 5.41) is 2.45. The van der Waals surface area contributed by atoms with Gasteiger partial charge in [-0.2, -0.15) is 0 Å². The molecule has 0 spiro atoms. The highest BCUT2D eigenvalue weighted by Crippen LogP contribution is 2.29. The summed E-state index contributed by atoms with van der Waals surface area (Å²) in [5.74, 6) is 0.976. The van der Waals surface area contributed by atoms with Gasteiger partial charge in [0.2, 0.25) is 0 Å². The van der Waals surface area contributed by atoms with E-state index in [1.807, 2.05) is 12.1 Å². The SMILES string of the molecule is CCC(NN1C(C)CCCC1C)c1ccccc1OC. The molecule has 2 rings (SSSR count). The fourth-order valence-corrected chi connectivity index (χ4v) is 3.19. The number of rotatable bonds is 5. The molecule has 3 atom stereocenters. The number of hydrogen-bond acceptors (Lipinski definition) is 3. The zero-order chi connectivity index (χ0) is 14.5. The summed E-state index contributed by atoms with van der Waals surface area (Å²) in [5.41, 5.74) is 5.00. The average molecular weight is 276 g/mol. The number of para-hydroxylation sites is 1. The fourth-order valence-electron chi connectivity index (χ4n) is 3.19. The van der Waals surface area contributed by atoms with Crippen LogP contribution in [0.3, 0.4) is 0 Å². The number of methoxy groups -OCH3 is 1. The second-order valence-corrected chi connectivity index (χ2v) is 5.87. The normalized spacial score (nSPS) is 25.4. The third-order valence-electron chi connectivity index (χ3n) is 4.42. The van der Waals surface area contributed by atoms with Crippen molar-refractivity contribution in [2.75, 3.05) is 7.11 Å². The van der Waals surface area contributed by atoms with Crippen LogP contribution < -0.4 is 10.2 Å². The van der Waals surface area contributed by atoms with E-state index in [-0.39, 0.29) is 0 Å². The van der Waals surface area contributed by atoms with Gasteiger partial charge in [0.1, 0.15) is 5.75 Å². The van der Waals surface area contributed by atoms with Crippen LogP contribution in [0.4, 0.5) is 0 Å². The molecule has 1 aliphatic heterocycles. The van der Waals surface area contributed by atoms with Crippen LogP contribution in [0.2, 0.25) is 0 Å². The van der Waals surface area contributed by atoms with Crippen LogP contribution in [0.5, 0.6) is 5.75 Å². The molecular weight excluding hydrogens is 248 g/mol. The monoisotopic (exact) mass is 276 g/mol. The van der Waals surface area contributed by atoms with Crippen LogP contribution in [0.15, 0.2) is 24.3 Å². The van der Waals surface area contributed by atoms with Gasteiger partial charge < -0.3 is 4.74 Å². The lowest BCUT2D eigenvalue weighted by Gasteiger charge is -2.41. The molecule has 3 unspecified atom stereocenters. The highest BCUT2D eigenvalue weighted by atomic mass is 16.5. The quantitative estimate of drug-likeness (QED) is 0.882. The summed E-state index contributed by atoms with van der Waals surface area (Å²) >= 11 is 0. The Morgan fingerprint density at radius 2 is 1.90 bits per heavy atom. The number of nitrogens with one attached hydrogen (secondary N) is 1. The lowest BCUT2D eigenvalue weighted by Crippen LogP contribution is -2.53. The maximum atomic E-state index is 5.51. The zero-order valence-corrected chi connectivity index (χ0v) is 13.2. The van der Waals surface area contributed by atoms with Crippen molar-refractivity contribution in [2.24, 2.45) is 0 Å². The topological polar surface area (TPSA) is 24.5 Å². The Hall–Kier alpha value is -1.06. The molecule has 0 aliphatic carbocycles. The molecule has 3 nitrogen and oxygen atoms in total. The van der Waals surface area contributed by atoms with Crippen LogP contribution in [0, 0.1) is 0 Å². The Morgan fingerprint density at radius 1 is 1.25 bits per heavy atom. The van der Waals surface area contributed by atoms with Crippen LogP contribution in [0.1, 0.15) is 58.1 Å². The van der Waals surface area contributed by atoms with E-state index in [0.717, 1.165) is 12.2 Å². The third kappa shape index (κ3) is 3.33. The minimum absolute atomic E-state index is 0.314. The predicted molar refractivity (Wildman–Crippen MR) is 83.8 cm³/mol. The summed E-state index contributed by atoms with van der Waals surface area (Å²) in [4.78, 5) is 0. The van der Waals surface area contributed by atoms with Crippen molar-refractivity contribution in [3.63, 3.8) is 0 Å². The summed E-state index contributed by atoms with van der Waals surface area (Å²) in [7, 11) is 1.75. The second kappa shape index (κ2) is 7.09. The second-order valence-electron chi connectivity index (χ2n) is 5.87. The molecule has 1 heterocycles. The van der Waals surface area contributed by atoms with Gasteiger partial charge in [-0.25, -0.2) is 10.4 Å².